The summed E-state index contributed by atoms with van der Waals surface area (Å²) in [5.74, 6) is 0.543. The van der Waals surface area contributed by atoms with E-state index in [4.69, 9.17) is 0 Å². The van der Waals surface area contributed by atoms with Gasteiger partial charge in [-0.1, -0.05) is 38.1 Å². The molecule has 0 spiro atoms. The van der Waals surface area contributed by atoms with Crippen molar-refractivity contribution in [3.8, 4) is 0 Å². The molecule has 0 aliphatic carbocycles. The molecule has 0 saturated heterocycles. The third kappa shape index (κ3) is 4.71. The summed E-state index contributed by atoms with van der Waals surface area (Å²) in [6.45, 7) is 7.66. The van der Waals surface area contributed by atoms with Crippen molar-refractivity contribution in [2.45, 2.75) is 39.5 Å². The summed E-state index contributed by atoms with van der Waals surface area (Å²) in [5, 5.41) is 19.7. The van der Waals surface area contributed by atoms with Gasteiger partial charge in [0.25, 0.3) is 5.56 Å². The van der Waals surface area contributed by atoms with E-state index in [1.807, 2.05) is 18.2 Å². The van der Waals surface area contributed by atoms with Crippen molar-refractivity contribution in [1.29, 1.82) is 0 Å². The average Bonchev–Trinajstić information content (AvgIpc) is 2.74. The zero-order chi connectivity index (χ0) is 21.1. The van der Waals surface area contributed by atoms with Crippen LogP contribution in [0, 0.1) is 5.92 Å². The Hall–Kier alpha value is -2.70. The Balaban J connectivity index is 1.42. The minimum Gasteiger partial charge on any atom is -0.390 e. The second-order valence-corrected chi connectivity index (χ2v) is 8.62. The number of nitrogens with one attached hydrogen (secondary N) is 1. The molecule has 0 radical (unpaired) electrons. The predicted molar refractivity (Wildman–Crippen MR) is 121 cm³/mol. The Morgan fingerprint density at radius 1 is 1.13 bits per heavy atom. The van der Waals surface area contributed by atoms with Crippen LogP contribution in [0.3, 0.4) is 0 Å². The van der Waals surface area contributed by atoms with E-state index >= 15 is 0 Å². The van der Waals surface area contributed by atoms with Crippen LogP contribution in [0.5, 0.6) is 0 Å². The van der Waals surface area contributed by atoms with Crippen molar-refractivity contribution in [3.05, 3.63) is 70.1 Å². The average molecular weight is 407 g/mol. The van der Waals surface area contributed by atoms with Gasteiger partial charge < -0.3 is 10.4 Å². The zero-order valence-corrected chi connectivity index (χ0v) is 17.7. The van der Waals surface area contributed by atoms with E-state index in [0.29, 0.717) is 17.8 Å². The van der Waals surface area contributed by atoms with Crippen LogP contribution < -0.4 is 10.9 Å². The molecule has 1 aliphatic rings. The number of fused-ring (bicyclic) bond motifs is 2. The molecule has 2 aromatic carbocycles. The summed E-state index contributed by atoms with van der Waals surface area (Å²) < 4.78 is 1.38. The molecule has 30 heavy (non-hydrogen) atoms. The number of aromatic nitrogens is 2. The van der Waals surface area contributed by atoms with Gasteiger partial charge in [0.15, 0.2) is 0 Å². The fraction of sp³-hybridized carbons (Fsp3) is 0.417. The second-order valence-electron chi connectivity index (χ2n) is 8.62. The van der Waals surface area contributed by atoms with Gasteiger partial charge in [0.2, 0.25) is 0 Å². The molecule has 2 N–H and O–H groups in total. The quantitative estimate of drug-likeness (QED) is 0.631. The van der Waals surface area contributed by atoms with E-state index in [9.17, 15) is 9.90 Å². The molecule has 0 unspecified atom stereocenters. The first-order chi connectivity index (χ1) is 14.5. The Labute approximate surface area is 177 Å². The molecule has 0 amide bonds. The summed E-state index contributed by atoms with van der Waals surface area (Å²) in [4.78, 5) is 15.1. The van der Waals surface area contributed by atoms with E-state index in [-0.39, 0.29) is 12.1 Å². The van der Waals surface area contributed by atoms with Gasteiger partial charge in [-0.15, -0.1) is 0 Å². The fourth-order valence-electron chi connectivity index (χ4n) is 4.02. The van der Waals surface area contributed by atoms with Gasteiger partial charge in [-0.05, 0) is 41.7 Å². The number of aliphatic hydroxyl groups excluding tert-OH is 1. The molecule has 158 valence electrons. The maximum Gasteiger partial charge on any atom is 0.274 e. The van der Waals surface area contributed by atoms with Crippen LogP contribution in [0.4, 0.5) is 5.69 Å². The molecule has 6 nitrogen and oxygen atoms in total. The van der Waals surface area contributed by atoms with Gasteiger partial charge in [0.05, 0.1) is 24.2 Å². The van der Waals surface area contributed by atoms with E-state index < -0.39 is 6.10 Å². The van der Waals surface area contributed by atoms with Crippen LogP contribution in [0.15, 0.2) is 53.5 Å². The van der Waals surface area contributed by atoms with Crippen molar-refractivity contribution >= 4 is 16.5 Å². The summed E-state index contributed by atoms with van der Waals surface area (Å²) in [6.07, 6.45) is 2.05. The van der Waals surface area contributed by atoms with Crippen LogP contribution in [0.25, 0.3) is 10.8 Å². The lowest BCUT2D eigenvalue weighted by atomic mass is 10.00. The molecule has 6 heteroatoms. The highest BCUT2D eigenvalue weighted by Crippen LogP contribution is 2.19. The smallest absolute Gasteiger partial charge is 0.274 e. The maximum absolute atomic E-state index is 12.9. The van der Waals surface area contributed by atoms with Crippen molar-refractivity contribution < 1.29 is 5.11 Å². The lowest BCUT2D eigenvalue weighted by molar-refractivity contribution is 0.0878. The van der Waals surface area contributed by atoms with Crippen LogP contribution in [-0.4, -0.2) is 45.5 Å². The number of nitrogens with zero attached hydrogens (tertiary/aromatic N) is 3. The first-order valence-electron chi connectivity index (χ1n) is 10.7. The van der Waals surface area contributed by atoms with Crippen LogP contribution in [-0.2, 0) is 19.5 Å². The lowest BCUT2D eigenvalue weighted by Gasteiger charge is -2.30. The first kappa shape index (κ1) is 20.6. The fourth-order valence-corrected chi connectivity index (χ4v) is 4.02. The van der Waals surface area contributed by atoms with E-state index in [1.165, 1.54) is 15.8 Å². The molecule has 1 atom stereocenters. The molecule has 4 rings (SSSR count). The largest absolute Gasteiger partial charge is 0.390 e. The number of aliphatic hydroxyl groups is 1. The number of benzene rings is 2. The number of β-amino-alcohol motifs (C(OH)–C–C–N with tert-alkyl or cyclic N) is 1. The van der Waals surface area contributed by atoms with Gasteiger partial charge in [-0.2, -0.15) is 5.10 Å². The minimum atomic E-state index is -0.648. The van der Waals surface area contributed by atoms with Crippen molar-refractivity contribution in [1.82, 2.24) is 14.7 Å². The minimum absolute atomic E-state index is 0.161. The molecule has 0 saturated carbocycles. The number of hydrogen-bond donors (Lipinski definition) is 2. The maximum atomic E-state index is 12.9. The Morgan fingerprint density at radius 2 is 1.93 bits per heavy atom. The third-order valence-corrected chi connectivity index (χ3v) is 5.63. The summed E-state index contributed by atoms with van der Waals surface area (Å²) in [5.41, 5.74) is 3.53. The lowest BCUT2D eigenvalue weighted by Crippen LogP contribution is -2.40. The van der Waals surface area contributed by atoms with Crippen molar-refractivity contribution in [3.63, 3.8) is 0 Å². The Bertz CT molecular complexity index is 1080. The summed E-state index contributed by atoms with van der Waals surface area (Å²) >= 11 is 0. The highest BCUT2D eigenvalue weighted by atomic mass is 16.3. The van der Waals surface area contributed by atoms with E-state index in [2.05, 4.69) is 53.4 Å². The SMILES string of the molecule is CC(C)CNc1ccc2c(=O)n(C[C@H](O)CN3CCc4ccccc4C3)ncc2c1. The Morgan fingerprint density at radius 3 is 2.73 bits per heavy atom. The highest BCUT2D eigenvalue weighted by Gasteiger charge is 2.19. The molecule has 3 aromatic rings. The first-order valence-corrected chi connectivity index (χ1v) is 10.7. The number of anilines is 1. The summed E-state index contributed by atoms with van der Waals surface area (Å²) in [7, 11) is 0. The molecule has 1 aromatic heterocycles. The molecular weight excluding hydrogens is 376 g/mol. The van der Waals surface area contributed by atoms with Gasteiger partial charge >= 0.3 is 0 Å². The second kappa shape index (κ2) is 8.98. The Kier molecular flexibility index (Phi) is 6.16. The molecule has 0 fully saturated rings. The highest BCUT2D eigenvalue weighted by molar-refractivity contribution is 5.84. The number of hydrogen-bond acceptors (Lipinski definition) is 5. The number of rotatable bonds is 7. The molecule has 0 bridgehead atoms. The van der Waals surface area contributed by atoms with E-state index in [1.54, 1.807) is 6.20 Å². The molecule has 1 aliphatic heterocycles. The normalized spacial score (nSPS) is 15.3. The van der Waals surface area contributed by atoms with Gasteiger partial charge in [0, 0.05) is 37.3 Å². The topological polar surface area (TPSA) is 70.4 Å². The standard InChI is InChI=1S/C24H30N4O2/c1-17(2)12-25-21-7-8-23-20(11-21)13-26-28(24(23)30)16-22(29)15-27-10-9-18-5-3-4-6-19(18)14-27/h3-8,11,13,17,22,25,29H,9-10,12,14-16H2,1-2H3/t22-/m1/s1. The van der Waals surface area contributed by atoms with Crippen LogP contribution in [0.2, 0.25) is 0 Å². The van der Waals surface area contributed by atoms with Gasteiger partial charge in [-0.3, -0.25) is 9.69 Å². The van der Waals surface area contributed by atoms with Gasteiger partial charge in [-0.25, -0.2) is 4.68 Å². The van der Waals surface area contributed by atoms with Gasteiger partial charge in [0.1, 0.15) is 0 Å². The predicted octanol–water partition coefficient (Wildman–Crippen LogP) is 2.88. The van der Waals surface area contributed by atoms with Crippen LogP contribution >= 0.6 is 0 Å². The van der Waals surface area contributed by atoms with Crippen LogP contribution in [0.1, 0.15) is 25.0 Å². The van der Waals surface area contributed by atoms with Crippen molar-refractivity contribution in [2.75, 3.05) is 25.0 Å². The third-order valence-electron chi connectivity index (χ3n) is 5.63. The van der Waals surface area contributed by atoms with E-state index in [0.717, 1.165) is 37.1 Å². The molecule has 2 heterocycles. The molecular formula is C24H30N4O2. The summed E-state index contributed by atoms with van der Waals surface area (Å²) in [6, 6.07) is 14.2. The van der Waals surface area contributed by atoms with Crippen molar-refractivity contribution in [2.24, 2.45) is 5.92 Å². The zero-order valence-electron chi connectivity index (χ0n) is 17.7. The monoisotopic (exact) mass is 406 g/mol.